The van der Waals surface area contributed by atoms with E-state index >= 15 is 0 Å². The molecule has 4 N–H and O–H groups in total. The molecule has 7 rings (SSSR count). The number of benzene rings is 2. The maximum Gasteiger partial charge on any atom is 0.586 e. The Kier molecular flexibility index (Phi) is 5.00. The van der Waals surface area contributed by atoms with Gasteiger partial charge in [0.15, 0.2) is 17.1 Å². The lowest BCUT2D eigenvalue weighted by molar-refractivity contribution is -0.286. The van der Waals surface area contributed by atoms with Gasteiger partial charge in [0.2, 0.25) is 0 Å². The van der Waals surface area contributed by atoms with Crippen LogP contribution in [0.15, 0.2) is 67.4 Å². The average Bonchev–Trinajstić information content (AvgIpc) is 3.53. The third-order valence-electron chi connectivity index (χ3n) is 6.74. The first-order valence-electron chi connectivity index (χ1n) is 12.0. The molecule has 5 heterocycles. The lowest BCUT2D eigenvalue weighted by atomic mass is 9.95. The second-order valence-electron chi connectivity index (χ2n) is 9.11. The van der Waals surface area contributed by atoms with E-state index in [1.54, 1.807) is 23.4 Å². The number of aromatic nitrogens is 5. The maximum atomic E-state index is 13.5. The molecule has 10 nitrogen and oxygen atoms in total. The molecule has 39 heavy (non-hydrogen) atoms. The van der Waals surface area contributed by atoms with Gasteiger partial charge >= 0.3 is 6.29 Å². The monoisotopic (exact) mass is 526 g/mol. The van der Waals surface area contributed by atoms with Crippen LogP contribution in [0.2, 0.25) is 0 Å². The van der Waals surface area contributed by atoms with E-state index in [4.69, 9.17) is 5.73 Å². The number of anilines is 3. The summed E-state index contributed by atoms with van der Waals surface area (Å²) >= 11 is 0. The van der Waals surface area contributed by atoms with Crippen LogP contribution in [0.3, 0.4) is 0 Å². The van der Waals surface area contributed by atoms with Crippen LogP contribution in [-0.4, -0.2) is 31.4 Å². The first-order chi connectivity index (χ1) is 18.9. The van der Waals surface area contributed by atoms with Gasteiger partial charge in [-0.05, 0) is 48.4 Å². The number of pyridine rings is 1. The zero-order chi connectivity index (χ0) is 26.7. The highest BCUT2D eigenvalue weighted by atomic mass is 19.3. The predicted octanol–water partition coefficient (Wildman–Crippen LogP) is 5.24. The van der Waals surface area contributed by atoms with E-state index in [9.17, 15) is 8.78 Å². The Balaban J connectivity index is 1.26. The molecule has 2 aromatic carbocycles. The minimum Gasteiger partial charge on any atom is -0.395 e. The summed E-state index contributed by atoms with van der Waals surface area (Å²) in [5.41, 5.74) is 12.9. The number of aryl methyl sites for hydroxylation is 1. The number of ether oxygens (including phenoxy) is 2. The number of nitrogens with two attached hydrogens (primary N) is 1. The standard InChI is InChI=1S/C27H20F2N8O2/c1-14-4-6-17-16(8-10-37(24(17)30)15-5-7-20-21(11-15)39-27(28,29)38-20)22(14)35-25-18(3-2-9-31-25)23-19-12-34-36-26(19)33-13-32-23/h2-13,24H,30H2,1H3,(H,31,35)(H,32,33,34,36). The molecule has 2 aliphatic heterocycles. The van der Waals surface area contributed by atoms with Crippen molar-refractivity contribution in [3.05, 3.63) is 84.1 Å². The Morgan fingerprint density at radius 1 is 1.08 bits per heavy atom. The van der Waals surface area contributed by atoms with Crippen molar-refractivity contribution in [1.82, 2.24) is 25.1 Å². The molecular formula is C27H20F2N8O2. The molecular weight excluding hydrogens is 506 g/mol. The van der Waals surface area contributed by atoms with Gasteiger partial charge in [-0.1, -0.05) is 12.1 Å². The van der Waals surface area contributed by atoms with Crippen molar-refractivity contribution in [3.8, 4) is 22.8 Å². The Morgan fingerprint density at radius 2 is 1.95 bits per heavy atom. The largest absolute Gasteiger partial charge is 0.586 e. The van der Waals surface area contributed by atoms with E-state index in [1.807, 2.05) is 43.5 Å². The predicted molar refractivity (Wildman–Crippen MR) is 140 cm³/mol. The minimum atomic E-state index is -3.69. The van der Waals surface area contributed by atoms with Crippen molar-refractivity contribution in [2.24, 2.45) is 5.73 Å². The molecule has 3 aromatic heterocycles. The van der Waals surface area contributed by atoms with E-state index in [-0.39, 0.29) is 11.5 Å². The highest BCUT2D eigenvalue weighted by molar-refractivity contribution is 5.94. The number of hydrogen-bond acceptors (Lipinski definition) is 9. The van der Waals surface area contributed by atoms with Gasteiger partial charge in [-0.3, -0.25) is 5.10 Å². The summed E-state index contributed by atoms with van der Waals surface area (Å²) < 4.78 is 36.2. The molecule has 0 aliphatic carbocycles. The fourth-order valence-corrected chi connectivity index (χ4v) is 4.88. The number of hydrogen-bond donors (Lipinski definition) is 3. The van der Waals surface area contributed by atoms with Crippen LogP contribution in [0.25, 0.3) is 28.4 Å². The van der Waals surface area contributed by atoms with Crippen molar-refractivity contribution in [3.63, 3.8) is 0 Å². The van der Waals surface area contributed by atoms with Crippen LogP contribution in [-0.2, 0) is 0 Å². The van der Waals surface area contributed by atoms with Crippen LogP contribution < -0.4 is 25.4 Å². The number of nitrogens with zero attached hydrogens (tertiary/aromatic N) is 5. The topological polar surface area (TPSA) is 127 Å². The Labute approximate surface area is 220 Å². The molecule has 1 atom stereocenters. The molecule has 1 unspecified atom stereocenters. The molecule has 0 bridgehead atoms. The normalized spacial score (nSPS) is 16.9. The van der Waals surface area contributed by atoms with Crippen LogP contribution in [0, 0.1) is 6.92 Å². The summed E-state index contributed by atoms with van der Waals surface area (Å²) in [6.45, 7) is 1.99. The first kappa shape index (κ1) is 23.0. The first-order valence-corrected chi connectivity index (χ1v) is 12.0. The van der Waals surface area contributed by atoms with Crippen molar-refractivity contribution in [2.75, 3.05) is 10.2 Å². The molecule has 0 saturated carbocycles. The number of halogens is 2. The third kappa shape index (κ3) is 3.80. The second kappa shape index (κ2) is 8.46. The van der Waals surface area contributed by atoms with Gasteiger partial charge in [0.1, 0.15) is 18.3 Å². The Morgan fingerprint density at radius 3 is 2.85 bits per heavy atom. The highest BCUT2D eigenvalue weighted by Gasteiger charge is 2.43. The Hall–Kier alpha value is -5.10. The summed E-state index contributed by atoms with van der Waals surface area (Å²) in [7, 11) is 0. The summed E-state index contributed by atoms with van der Waals surface area (Å²) in [4.78, 5) is 15.1. The van der Waals surface area contributed by atoms with Gasteiger partial charge in [0, 0.05) is 35.3 Å². The number of H-pyrrole nitrogens is 1. The summed E-state index contributed by atoms with van der Waals surface area (Å²) in [5, 5.41) is 11.2. The SMILES string of the molecule is Cc1ccc2c(c1Nc1ncccc1-c1ncnc3[nH]ncc13)C=CN(c1ccc3c(c1)OC(F)(F)O3)C2N. The summed E-state index contributed by atoms with van der Waals surface area (Å²) in [6.07, 6.45) is 4.33. The summed E-state index contributed by atoms with van der Waals surface area (Å²) in [6, 6.07) is 12.3. The molecule has 0 amide bonds. The van der Waals surface area contributed by atoms with Gasteiger partial charge in [-0.15, -0.1) is 8.78 Å². The van der Waals surface area contributed by atoms with Gasteiger partial charge in [0.05, 0.1) is 23.0 Å². The highest BCUT2D eigenvalue weighted by Crippen LogP contribution is 2.45. The lowest BCUT2D eigenvalue weighted by Gasteiger charge is -2.33. The zero-order valence-corrected chi connectivity index (χ0v) is 20.4. The van der Waals surface area contributed by atoms with E-state index in [1.165, 1.54) is 18.5 Å². The number of aromatic amines is 1. The molecule has 2 aliphatic rings. The fourth-order valence-electron chi connectivity index (χ4n) is 4.88. The van der Waals surface area contributed by atoms with E-state index < -0.39 is 12.5 Å². The minimum absolute atomic E-state index is 0.0247. The molecule has 0 saturated heterocycles. The number of rotatable bonds is 4. The fraction of sp³-hybridized carbons (Fsp3) is 0.111. The van der Waals surface area contributed by atoms with Crippen molar-refractivity contribution in [1.29, 1.82) is 0 Å². The number of alkyl halides is 2. The quantitative estimate of drug-likeness (QED) is 0.288. The van der Waals surface area contributed by atoms with Crippen molar-refractivity contribution in [2.45, 2.75) is 19.4 Å². The van der Waals surface area contributed by atoms with E-state index in [0.717, 1.165) is 33.3 Å². The van der Waals surface area contributed by atoms with Crippen molar-refractivity contribution < 1.29 is 18.3 Å². The maximum absolute atomic E-state index is 13.5. The van der Waals surface area contributed by atoms with E-state index in [0.29, 0.717) is 22.8 Å². The van der Waals surface area contributed by atoms with Gasteiger partial charge < -0.3 is 25.4 Å². The van der Waals surface area contributed by atoms with Crippen LogP contribution in [0.4, 0.5) is 26.0 Å². The number of fused-ring (bicyclic) bond motifs is 3. The molecule has 0 radical (unpaired) electrons. The van der Waals surface area contributed by atoms with Crippen LogP contribution in [0.1, 0.15) is 22.9 Å². The van der Waals surface area contributed by atoms with Crippen LogP contribution in [0.5, 0.6) is 11.5 Å². The zero-order valence-electron chi connectivity index (χ0n) is 20.4. The van der Waals surface area contributed by atoms with E-state index in [2.05, 4.69) is 39.9 Å². The molecule has 0 spiro atoms. The number of nitrogens with one attached hydrogen (secondary N) is 2. The Bertz CT molecular complexity index is 1790. The van der Waals surface area contributed by atoms with Gasteiger partial charge in [-0.2, -0.15) is 5.10 Å². The average molecular weight is 527 g/mol. The molecule has 12 heteroatoms. The smallest absolute Gasteiger partial charge is 0.395 e. The molecule has 5 aromatic rings. The molecule has 0 fully saturated rings. The molecule has 194 valence electrons. The van der Waals surface area contributed by atoms with Crippen molar-refractivity contribution >= 4 is 34.3 Å². The third-order valence-corrected chi connectivity index (χ3v) is 6.74. The van der Waals surface area contributed by atoms with Crippen LogP contribution >= 0.6 is 0 Å². The second-order valence-corrected chi connectivity index (χ2v) is 9.11. The van der Waals surface area contributed by atoms with Gasteiger partial charge in [-0.25, -0.2) is 15.0 Å². The summed E-state index contributed by atoms with van der Waals surface area (Å²) in [5.74, 6) is 0.536. The van der Waals surface area contributed by atoms with Gasteiger partial charge in [0.25, 0.3) is 0 Å². The lowest BCUT2D eigenvalue weighted by Crippen LogP contribution is -2.33.